The van der Waals surface area contributed by atoms with E-state index in [-0.39, 0.29) is 6.54 Å². The molecular formula is C24H18FN9O2S. The molecule has 0 atom stereocenters. The molecule has 0 aliphatic rings. The van der Waals surface area contributed by atoms with Crippen LogP contribution >= 0.6 is 0 Å². The number of rotatable bonds is 6. The van der Waals surface area contributed by atoms with Gasteiger partial charge in [0.05, 0.1) is 34.7 Å². The van der Waals surface area contributed by atoms with Crippen LogP contribution < -0.4 is 4.72 Å². The second-order valence-electron chi connectivity index (χ2n) is 8.40. The van der Waals surface area contributed by atoms with Gasteiger partial charge >= 0.3 is 0 Å². The minimum absolute atomic E-state index is 0.0431. The van der Waals surface area contributed by atoms with E-state index in [0.717, 1.165) is 17.3 Å². The summed E-state index contributed by atoms with van der Waals surface area (Å²) in [5.41, 5.74) is 6.02. The van der Waals surface area contributed by atoms with Gasteiger partial charge in [-0.15, -0.1) is 0 Å². The molecule has 11 nitrogen and oxygen atoms in total. The first-order valence-electron chi connectivity index (χ1n) is 11.0. The first-order chi connectivity index (χ1) is 17.8. The Morgan fingerprint density at radius 2 is 1.76 bits per heavy atom. The Morgan fingerprint density at radius 3 is 2.57 bits per heavy atom. The summed E-state index contributed by atoms with van der Waals surface area (Å²) in [5.74, 6) is -0.0460. The molecule has 0 bridgehead atoms. The standard InChI is InChI=1S/C24H18FN9O2S/c1-37(35,36)29-7-13-4-14(6-16(25)5-13)17-10-26-11-20-21(17)32-24(31-20)23-22-19(33-34-23)3-2-18(30-22)15-8-27-12-28-9-15/h2-6,8-12,29H,7H2,1H3,(H,31,32)(H,33,34). The van der Waals surface area contributed by atoms with E-state index in [1.807, 2.05) is 12.1 Å². The first-order valence-corrected chi connectivity index (χ1v) is 12.9. The van der Waals surface area contributed by atoms with E-state index in [0.29, 0.717) is 50.5 Å². The highest BCUT2D eigenvalue weighted by molar-refractivity contribution is 7.88. The zero-order valence-electron chi connectivity index (χ0n) is 19.3. The van der Waals surface area contributed by atoms with Crippen molar-refractivity contribution >= 4 is 32.1 Å². The largest absolute Gasteiger partial charge is 0.335 e. The molecule has 0 fully saturated rings. The van der Waals surface area contributed by atoms with Crippen molar-refractivity contribution in [2.24, 2.45) is 0 Å². The summed E-state index contributed by atoms with van der Waals surface area (Å²) in [7, 11) is -3.43. The number of fused-ring (bicyclic) bond motifs is 2. The van der Waals surface area contributed by atoms with Crippen LogP contribution in [0, 0.1) is 5.82 Å². The van der Waals surface area contributed by atoms with Crippen molar-refractivity contribution in [2.45, 2.75) is 6.54 Å². The minimum Gasteiger partial charge on any atom is -0.335 e. The third kappa shape index (κ3) is 4.52. The topological polar surface area (TPSA) is 155 Å². The number of nitrogens with zero attached hydrogens (tertiary/aromatic N) is 6. The van der Waals surface area contributed by atoms with Crippen molar-refractivity contribution in [1.82, 2.24) is 44.8 Å². The molecule has 5 heterocycles. The summed E-state index contributed by atoms with van der Waals surface area (Å²) >= 11 is 0. The number of pyridine rings is 2. The maximum absolute atomic E-state index is 14.5. The highest BCUT2D eigenvalue weighted by Crippen LogP contribution is 2.32. The number of hydrogen-bond acceptors (Lipinski definition) is 8. The van der Waals surface area contributed by atoms with Crippen molar-refractivity contribution < 1.29 is 12.8 Å². The maximum Gasteiger partial charge on any atom is 0.209 e. The fourth-order valence-electron chi connectivity index (χ4n) is 4.03. The molecule has 0 aliphatic carbocycles. The van der Waals surface area contributed by atoms with Gasteiger partial charge < -0.3 is 4.98 Å². The van der Waals surface area contributed by atoms with Crippen molar-refractivity contribution in [3.8, 4) is 33.9 Å². The van der Waals surface area contributed by atoms with E-state index < -0.39 is 15.8 Å². The molecule has 1 aromatic carbocycles. The molecular weight excluding hydrogens is 497 g/mol. The number of sulfonamides is 1. The van der Waals surface area contributed by atoms with Crippen molar-refractivity contribution in [1.29, 1.82) is 0 Å². The number of benzene rings is 1. The number of H-pyrrole nitrogens is 2. The highest BCUT2D eigenvalue weighted by atomic mass is 32.2. The lowest BCUT2D eigenvalue weighted by Gasteiger charge is -2.07. The SMILES string of the molecule is CS(=O)(=O)NCc1cc(F)cc(-c2cncc3[nH]c(-c4n[nH]c5ccc(-c6cncnc6)nc45)nc23)c1. The lowest BCUT2D eigenvalue weighted by Crippen LogP contribution is -2.21. The van der Waals surface area contributed by atoms with E-state index in [4.69, 9.17) is 9.97 Å². The number of halogens is 1. The summed E-state index contributed by atoms with van der Waals surface area (Å²) in [5, 5.41) is 7.39. The molecule has 0 radical (unpaired) electrons. The molecule has 6 aromatic rings. The fourth-order valence-corrected chi connectivity index (χ4v) is 4.46. The number of hydrogen-bond donors (Lipinski definition) is 3. The van der Waals surface area contributed by atoms with Crippen LogP contribution in [0.1, 0.15) is 5.56 Å². The monoisotopic (exact) mass is 515 g/mol. The molecule has 0 saturated heterocycles. The van der Waals surface area contributed by atoms with Gasteiger partial charge in [-0.05, 0) is 41.5 Å². The van der Waals surface area contributed by atoms with Gasteiger partial charge in [0, 0.05) is 36.3 Å². The van der Waals surface area contributed by atoms with E-state index in [2.05, 4.69) is 34.9 Å². The van der Waals surface area contributed by atoms with Gasteiger partial charge in [0.25, 0.3) is 0 Å². The van der Waals surface area contributed by atoms with Crippen LogP contribution in [0.4, 0.5) is 4.39 Å². The van der Waals surface area contributed by atoms with Gasteiger partial charge in [-0.2, -0.15) is 5.10 Å². The smallest absolute Gasteiger partial charge is 0.209 e. The number of nitrogens with one attached hydrogen (secondary N) is 3. The average molecular weight is 516 g/mol. The molecule has 0 saturated carbocycles. The van der Waals surface area contributed by atoms with Crippen molar-refractivity contribution in [3.05, 3.63) is 72.8 Å². The molecule has 0 spiro atoms. The zero-order valence-corrected chi connectivity index (χ0v) is 20.1. The Labute approximate surface area is 209 Å². The van der Waals surface area contributed by atoms with E-state index >= 15 is 0 Å². The molecule has 3 N–H and O–H groups in total. The summed E-state index contributed by atoms with van der Waals surface area (Å²) in [6.45, 7) is -0.0431. The first kappa shape index (κ1) is 22.8. The molecule has 0 aliphatic heterocycles. The van der Waals surface area contributed by atoms with Crippen LogP contribution in [-0.2, 0) is 16.6 Å². The average Bonchev–Trinajstić information content (AvgIpc) is 3.51. The molecule has 6 rings (SSSR count). The van der Waals surface area contributed by atoms with Crippen molar-refractivity contribution in [3.63, 3.8) is 0 Å². The Bertz CT molecular complexity index is 1890. The van der Waals surface area contributed by atoms with E-state index in [1.165, 1.54) is 18.5 Å². The van der Waals surface area contributed by atoms with Gasteiger partial charge in [-0.3, -0.25) is 10.1 Å². The molecule has 5 aromatic heterocycles. The Kier molecular flexibility index (Phi) is 5.43. The molecule has 37 heavy (non-hydrogen) atoms. The predicted molar refractivity (Wildman–Crippen MR) is 135 cm³/mol. The maximum atomic E-state index is 14.5. The number of imidazole rings is 1. The van der Waals surface area contributed by atoms with E-state index in [1.54, 1.807) is 30.9 Å². The predicted octanol–water partition coefficient (Wildman–Crippen LogP) is 3.21. The summed E-state index contributed by atoms with van der Waals surface area (Å²) in [4.78, 5) is 25.1. The van der Waals surface area contributed by atoms with Crippen LogP contribution in [-0.4, -0.2) is 54.8 Å². The third-order valence-electron chi connectivity index (χ3n) is 5.69. The van der Waals surface area contributed by atoms with Crippen molar-refractivity contribution in [2.75, 3.05) is 6.26 Å². The lowest BCUT2D eigenvalue weighted by molar-refractivity contribution is 0.586. The summed E-state index contributed by atoms with van der Waals surface area (Å²) in [6.07, 6.45) is 9.07. The zero-order chi connectivity index (χ0) is 25.6. The Balaban J connectivity index is 1.44. The van der Waals surface area contributed by atoms with Gasteiger partial charge in [-0.25, -0.2) is 37.5 Å². The normalized spacial score (nSPS) is 11.9. The van der Waals surface area contributed by atoms with Crippen LogP contribution in [0.3, 0.4) is 0 Å². The third-order valence-corrected chi connectivity index (χ3v) is 6.36. The van der Waals surface area contributed by atoms with Crippen LogP contribution in [0.25, 0.3) is 56.0 Å². The lowest BCUT2D eigenvalue weighted by atomic mass is 10.0. The second-order valence-corrected chi connectivity index (χ2v) is 10.2. The molecule has 0 unspecified atom stereocenters. The second kappa shape index (κ2) is 8.80. The van der Waals surface area contributed by atoms with Gasteiger partial charge in [0.2, 0.25) is 10.0 Å². The summed E-state index contributed by atoms with van der Waals surface area (Å²) < 4.78 is 39.8. The number of aromatic nitrogens is 8. The minimum atomic E-state index is -3.43. The van der Waals surface area contributed by atoms with Crippen LogP contribution in [0.15, 0.2) is 61.4 Å². The molecule has 13 heteroatoms. The van der Waals surface area contributed by atoms with Gasteiger partial charge in [0.15, 0.2) is 11.5 Å². The van der Waals surface area contributed by atoms with Crippen LogP contribution in [0.5, 0.6) is 0 Å². The Morgan fingerprint density at radius 1 is 0.919 bits per heavy atom. The molecule has 184 valence electrons. The summed E-state index contributed by atoms with van der Waals surface area (Å²) in [6, 6.07) is 8.06. The Hall–Kier alpha value is -4.62. The highest BCUT2D eigenvalue weighted by Gasteiger charge is 2.18. The number of aromatic amines is 2. The van der Waals surface area contributed by atoms with Gasteiger partial charge in [-0.1, -0.05) is 0 Å². The quantitative estimate of drug-likeness (QED) is 0.305. The van der Waals surface area contributed by atoms with Crippen LogP contribution in [0.2, 0.25) is 0 Å². The van der Waals surface area contributed by atoms with E-state index in [9.17, 15) is 12.8 Å². The molecule has 0 amide bonds. The fraction of sp³-hybridized carbons (Fsp3) is 0.0833. The van der Waals surface area contributed by atoms with Gasteiger partial charge in [0.1, 0.15) is 17.7 Å².